The number of benzene rings is 1. The topological polar surface area (TPSA) is 105 Å². The van der Waals surface area contributed by atoms with Crippen LogP contribution in [0.5, 0.6) is 5.75 Å². The van der Waals surface area contributed by atoms with Crippen molar-refractivity contribution in [3.8, 4) is 5.75 Å². The minimum Gasteiger partial charge on any atom is -0.497 e. The van der Waals surface area contributed by atoms with E-state index in [9.17, 15) is 19.2 Å². The predicted octanol–water partition coefficient (Wildman–Crippen LogP) is 3.05. The predicted molar refractivity (Wildman–Crippen MR) is 131 cm³/mol. The lowest BCUT2D eigenvalue weighted by molar-refractivity contribution is -0.129. The Morgan fingerprint density at radius 3 is 2.47 bits per heavy atom. The Kier molecular flexibility index (Phi) is 9.37. The number of rotatable bonds is 9. The summed E-state index contributed by atoms with van der Waals surface area (Å²) >= 11 is 0.998. The molecular weight excluding hydrogens is 458 g/mol. The smallest absolute Gasteiger partial charge is 0.341 e. The van der Waals surface area contributed by atoms with Crippen molar-refractivity contribution in [1.82, 2.24) is 9.80 Å². The number of likely N-dealkylation sites (N-methyl/N-ethyl adjacent to an activating group) is 1. The third-order valence-electron chi connectivity index (χ3n) is 4.75. The van der Waals surface area contributed by atoms with Crippen LogP contribution in [-0.2, 0) is 14.3 Å². The molecule has 0 aliphatic heterocycles. The quantitative estimate of drug-likeness (QED) is 0.431. The lowest BCUT2D eigenvalue weighted by Crippen LogP contribution is -2.34. The summed E-state index contributed by atoms with van der Waals surface area (Å²) < 4.78 is 10.3. The summed E-state index contributed by atoms with van der Waals surface area (Å²) in [7, 11) is 6.25. The van der Waals surface area contributed by atoms with E-state index in [2.05, 4.69) is 5.32 Å². The fourth-order valence-electron chi connectivity index (χ4n) is 2.96. The van der Waals surface area contributed by atoms with Crippen molar-refractivity contribution in [1.29, 1.82) is 0 Å². The minimum atomic E-state index is -0.630. The maximum atomic E-state index is 12.7. The number of thiophene rings is 1. The molecule has 2 rings (SSSR count). The molecule has 0 saturated carbocycles. The van der Waals surface area contributed by atoms with E-state index in [1.54, 1.807) is 59.3 Å². The van der Waals surface area contributed by atoms with Crippen molar-refractivity contribution in [3.05, 3.63) is 51.9 Å². The molecule has 0 spiro atoms. The van der Waals surface area contributed by atoms with Crippen molar-refractivity contribution >= 4 is 46.1 Å². The van der Waals surface area contributed by atoms with Gasteiger partial charge in [0.25, 0.3) is 5.91 Å². The molecule has 0 radical (unpaired) electrons. The number of nitrogens with zero attached hydrogens (tertiary/aromatic N) is 2. The average Bonchev–Trinajstić information content (AvgIpc) is 3.12. The Morgan fingerprint density at radius 1 is 1.15 bits per heavy atom. The maximum Gasteiger partial charge on any atom is 0.341 e. The lowest BCUT2D eigenvalue weighted by Gasteiger charge is -2.15. The third-order valence-corrected chi connectivity index (χ3v) is 5.94. The van der Waals surface area contributed by atoms with Crippen molar-refractivity contribution in [3.63, 3.8) is 0 Å². The molecule has 34 heavy (non-hydrogen) atoms. The van der Waals surface area contributed by atoms with Gasteiger partial charge in [0.1, 0.15) is 10.8 Å². The highest BCUT2D eigenvalue weighted by molar-refractivity contribution is 7.18. The average molecular weight is 488 g/mol. The van der Waals surface area contributed by atoms with Crippen molar-refractivity contribution < 1.29 is 28.7 Å². The first-order chi connectivity index (χ1) is 16.1. The monoisotopic (exact) mass is 487 g/mol. The molecular formula is C24H29N3O6S. The third kappa shape index (κ3) is 6.67. The molecule has 9 nitrogen and oxygen atoms in total. The number of carbonyl (C=O) groups is 4. The van der Waals surface area contributed by atoms with Crippen LogP contribution in [0.2, 0.25) is 0 Å². The number of esters is 1. The van der Waals surface area contributed by atoms with E-state index in [4.69, 9.17) is 9.47 Å². The van der Waals surface area contributed by atoms with E-state index in [-0.39, 0.29) is 35.5 Å². The van der Waals surface area contributed by atoms with Crippen LogP contribution in [-0.4, -0.2) is 74.9 Å². The summed E-state index contributed by atoms with van der Waals surface area (Å²) in [5, 5.41) is 2.86. The molecule has 0 unspecified atom stereocenters. The van der Waals surface area contributed by atoms with Gasteiger partial charge < -0.3 is 24.6 Å². The van der Waals surface area contributed by atoms with Gasteiger partial charge in [-0.25, -0.2) is 4.79 Å². The summed E-state index contributed by atoms with van der Waals surface area (Å²) in [6, 6.07) is 7.20. The highest BCUT2D eigenvalue weighted by atomic mass is 32.1. The first kappa shape index (κ1) is 26.6. The van der Waals surface area contributed by atoms with Gasteiger partial charge in [-0.2, -0.15) is 0 Å². The number of methoxy groups -OCH3 is 1. The Bertz CT molecular complexity index is 1110. The van der Waals surface area contributed by atoms with Crippen molar-refractivity contribution in [2.75, 3.05) is 46.7 Å². The number of carbonyl (C=O) groups excluding carboxylic acids is 4. The normalized spacial score (nSPS) is 10.6. The zero-order chi connectivity index (χ0) is 25.4. The van der Waals surface area contributed by atoms with Gasteiger partial charge in [0, 0.05) is 27.2 Å². The number of anilines is 1. The largest absolute Gasteiger partial charge is 0.497 e. The summed E-state index contributed by atoms with van der Waals surface area (Å²) in [6.45, 7) is 3.20. The van der Waals surface area contributed by atoms with E-state index in [1.807, 2.05) is 6.07 Å². The summed E-state index contributed by atoms with van der Waals surface area (Å²) in [4.78, 5) is 53.1. The minimum absolute atomic E-state index is 0.136. The van der Waals surface area contributed by atoms with Gasteiger partial charge in [-0.15, -0.1) is 11.3 Å². The highest BCUT2D eigenvalue weighted by Crippen LogP contribution is 2.34. The highest BCUT2D eigenvalue weighted by Gasteiger charge is 2.27. The molecule has 1 N–H and O–H groups in total. The van der Waals surface area contributed by atoms with Crippen molar-refractivity contribution in [2.24, 2.45) is 0 Å². The van der Waals surface area contributed by atoms with Crippen LogP contribution in [0.15, 0.2) is 30.3 Å². The number of nitrogens with one attached hydrogen (secondary N) is 1. The summed E-state index contributed by atoms with van der Waals surface area (Å²) in [5.74, 6) is -1.15. The number of amides is 3. The molecule has 0 fully saturated rings. The maximum absolute atomic E-state index is 12.7. The molecule has 0 bridgehead atoms. The van der Waals surface area contributed by atoms with E-state index < -0.39 is 11.9 Å². The molecule has 0 aliphatic carbocycles. The Hall–Kier alpha value is -3.66. The van der Waals surface area contributed by atoms with Gasteiger partial charge >= 0.3 is 5.97 Å². The second-order valence-corrected chi connectivity index (χ2v) is 8.55. The summed E-state index contributed by atoms with van der Waals surface area (Å²) in [6.07, 6.45) is 2.98. The second-order valence-electron chi connectivity index (χ2n) is 7.53. The zero-order valence-corrected chi connectivity index (χ0v) is 20.9. The second kappa shape index (κ2) is 12.0. The van der Waals surface area contributed by atoms with E-state index in [1.165, 1.54) is 22.9 Å². The van der Waals surface area contributed by atoms with Crippen LogP contribution in [0.3, 0.4) is 0 Å². The number of hydrogen-bond acceptors (Lipinski definition) is 7. The number of ether oxygens (including phenoxy) is 2. The molecule has 0 aliphatic rings. The molecule has 1 heterocycles. The molecule has 2 aromatic rings. The van der Waals surface area contributed by atoms with Gasteiger partial charge in [-0.1, -0.05) is 12.1 Å². The van der Waals surface area contributed by atoms with Gasteiger partial charge in [-0.3, -0.25) is 14.4 Å². The van der Waals surface area contributed by atoms with Crippen LogP contribution in [0.4, 0.5) is 5.00 Å². The Morgan fingerprint density at radius 2 is 1.85 bits per heavy atom. The van der Waals surface area contributed by atoms with Crippen LogP contribution in [0, 0.1) is 6.92 Å². The Labute approximate surface area is 202 Å². The van der Waals surface area contributed by atoms with Gasteiger partial charge in [0.2, 0.25) is 11.8 Å². The van der Waals surface area contributed by atoms with E-state index in [0.29, 0.717) is 16.2 Å². The molecule has 1 aromatic heterocycles. The zero-order valence-electron chi connectivity index (χ0n) is 20.1. The van der Waals surface area contributed by atoms with Crippen LogP contribution >= 0.6 is 11.3 Å². The fraction of sp³-hybridized carbons (Fsp3) is 0.333. The Balaban J connectivity index is 2.15. The first-order valence-corrected chi connectivity index (χ1v) is 11.3. The van der Waals surface area contributed by atoms with Gasteiger partial charge in [0.15, 0.2) is 0 Å². The molecule has 3 amide bonds. The summed E-state index contributed by atoms with van der Waals surface area (Å²) in [5.41, 5.74) is 1.34. The van der Waals surface area contributed by atoms with E-state index >= 15 is 0 Å². The fourth-order valence-corrected chi connectivity index (χ4v) is 4.19. The van der Waals surface area contributed by atoms with Crippen LogP contribution in [0.1, 0.15) is 38.1 Å². The molecule has 182 valence electrons. The first-order valence-electron chi connectivity index (χ1n) is 10.5. The van der Waals surface area contributed by atoms with Gasteiger partial charge in [-0.05, 0) is 43.2 Å². The SMILES string of the molecule is CCOC(=O)c1c(NC(=O)CN(C)C(=O)/C=C/c2cccc(OC)c2)sc(C(=O)N(C)C)c1C. The standard InChI is InChI=1S/C24H29N3O6S/c1-7-33-24(31)20-15(2)21(23(30)26(3)4)34-22(20)25-18(28)14-27(5)19(29)12-11-16-9-8-10-17(13-16)32-6/h8-13H,7,14H2,1-6H3,(H,25,28)/b12-11+. The van der Waals surface area contributed by atoms with Gasteiger partial charge in [0.05, 0.1) is 30.7 Å². The van der Waals surface area contributed by atoms with Crippen LogP contribution in [0.25, 0.3) is 6.08 Å². The van der Waals surface area contributed by atoms with Crippen molar-refractivity contribution in [2.45, 2.75) is 13.8 Å². The molecule has 0 atom stereocenters. The number of hydrogen-bond donors (Lipinski definition) is 1. The van der Waals surface area contributed by atoms with Crippen LogP contribution < -0.4 is 10.1 Å². The molecule has 1 aromatic carbocycles. The molecule has 10 heteroatoms. The molecule has 0 saturated heterocycles. The lowest BCUT2D eigenvalue weighted by atomic mass is 10.1. The van der Waals surface area contributed by atoms with E-state index in [0.717, 1.165) is 16.9 Å².